The van der Waals surface area contributed by atoms with Gasteiger partial charge in [-0.3, -0.25) is 9.59 Å². The number of carbonyl (C=O) groups excluding carboxylic acids is 4. The lowest BCUT2D eigenvalue weighted by atomic mass is 10.2. The Bertz CT molecular complexity index is 385. The summed E-state index contributed by atoms with van der Waals surface area (Å²) < 4.78 is 18.1. The summed E-state index contributed by atoms with van der Waals surface area (Å²) in [6.45, 7) is 8.28. The molecule has 0 aliphatic rings. The molecule has 0 aliphatic heterocycles. The zero-order chi connectivity index (χ0) is 15.7. The third-order valence-corrected chi connectivity index (χ3v) is 1.72. The first-order valence-corrected chi connectivity index (χ1v) is 5.30. The molecule has 0 heterocycles. The molecule has 2 unspecified atom stereocenters. The molecule has 20 heavy (non-hydrogen) atoms. The van der Waals surface area contributed by atoms with Crippen molar-refractivity contribution >= 4 is 23.9 Å². The van der Waals surface area contributed by atoms with Gasteiger partial charge in [-0.15, -0.1) is 0 Å². The second-order valence-electron chi connectivity index (χ2n) is 3.27. The summed E-state index contributed by atoms with van der Waals surface area (Å²) >= 11 is 0. The predicted molar refractivity (Wildman–Crippen MR) is 63.7 cm³/mol. The molecule has 2 atom stereocenters. The first kappa shape index (κ1) is 17.4. The van der Waals surface area contributed by atoms with Crippen LogP contribution in [-0.2, 0) is 38.1 Å². The summed E-state index contributed by atoms with van der Waals surface area (Å²) in [5.41, 5.74) is 0. The van der Waals surface area contributed by atoms with Gasteiger partial charge in [0.25, 0.3) is 0 Å². The summed E-state index contributed by atoms with van der Waals surface area (Å²) in [5, 5.41) is 0. The van der Waals surface area contributed by atoms with Crippen molar-refractivity contribution in [3.05, 3.63) is 25.7 Å². The molecule has 0 radical (unpaired) electrons. The van der Waals surface area contributed by atoms with Gasteiger partial charge in [-0.2, -0.15) is 0 Å². The zero-order valence-electron chi connectivity index (χ0n) is 11.0. The third-order valence-electron chi connectivity index (χ3n) is 1.72. The normalized spacial score (nSPS) is 12.3. The SMILES string of the molecule is C=COC(=O)C(OC(C)=O)C(OC(C)=O)C(=O)OC=C. The minimum absolute atomic E-state index is 0.766. The van der Waals surface area contributed by atoms with Gasteiger partial charge in [0, 0.05) is 13.8 Å². The van der Waals surface area contributed by atoms with E-state index in [9.17, 15) is 19.2 Å². The molecular weight excluding hydrogens is 272 g/mol. The van der Waals surface area contributed by atoms with Gasteiger partial charge in [0.15, 0.2) is 0 Å². The van der Waals surface area contributed by atoms with Crippen molar-refractivity contribution in [3.63, 3.8) is 0 Å². The van der Waals surface area contributed by atoms with E-state index in [0.717, 1.165) is 26.4 Å². The van der Waals surface area contributed by atoms with Crippen molar-refractivity contribution in [3.8, 4) is 0 Å². The molecule has 0 aliphatic carbocycles. The van der Waals surface area contributed by atoms with Crippen LogP contribution < -0.4 is 0 Å². The van der Waals surface area contributed by atoms with Crippen LogP contribution in [0.3, 0.4) is 0 Å². The summed E-state index contributed by atoms with van der Waals surface area (Å²) in [6, 6.07) is 0. The van der Waals surface area contributed by atoms with E-state index in [4.69, 9.17) is 0 Å². The van der Waals surface area contributed by atoms with E-state index in [0.29, 0.717) is 0 Å². The van der Waals surface area contributed by atoms with Gasteiger partial charge in [-0.1, -0.05) is 13.2 Å². The molecule has 0 saturated carbocycles. The molecule has 0 bridgehead atoms. The van der Waals surface area contributed by atoms with Crippen LogP contribution in [0.15, 0.2) is 25.7 Å². The largest absolute Gasteiger partial charge is 0.446 e. The van der Waals surface area contributed by atoms with E-state index in [1.165, 1.54) is 0 Å². The smallest absolute Gasteiger partial charge is 0.356 e. The van der Waals surface area contributed by atoms with Crippen molar-refractivity contribution in [1.82, 2.24) is 0 Å². The Labute approximate surface area is 114 Å². The van der Waals surface area contributed by atoms with Crippen molar-refractivity contribution < 1.29 is 38.1 Å². The van der Waals surface area contributed by atoms with Crippen LogP contribution in [0, 0.1) is 0 Å². The summed E-state index contributed by atoms with van der Waals surface area (Å²) in [5.74, 6) is -4.08. The highest BCUT2D eigenvalue weighted by Crippen LogP contribution is 2.11. The Balaban J connectivity index is 5.34. The lowest BCUT2D eigenvalue weighted by Crippen LogP contribution is -2.46. The second kappa shape index (κ2) is 8.46. The summed E-state index contributed by atoms with van der Waals surface area (Å²) in [7, 11) is 0. The highest BCUT2D eigenvalue weighted by molar-refractivity contribution is 5.89. The predicted octanol–water partition coefficient (Wildman–Crippen LogP) is 0.223. The Morgan fingerprint density at radius 3 is 1.30 bits per heavy atom. The number of carbonyl (C=O) groups is 4. The molecule has 0 N–H and O–H groups in total. The van der Waals surface area contributed by atoms with Crippen LogP contribution in [0.5, 0.6) is 0 Å². The maximum atomic E-state index is 11.6. The molecule has 8 heteroatoms. The minimum Gasteiger partial charge on any atom is -0.446 e. The Kier molecular flexibility index (Phi) is 7.34. The number of esters is 4. The molecular formula is C12H14O8. The lowest BCUT2D eigenvalue weighted by molar-refractivity contribution is -0.186. The molecule has 0 amide bonds. The van der Waals surface area contributed by atoms with Gasteiger partial charge in [-0.05, 0) is 0 Å². The Hall–Kier alpha value is -2.64. The summed E-state index contributed by atoms with van der Waals surface area (Å²) in [6.07, 6.45) is -2.10. The maximum Gasteiger partial charge on any atom is 0.356 e. The van der Waals surface area contributed by atoms with Crippen LogP contribution in [-0.4, -0.2) is 36.1 Å². The fourth-order valence-electron chi connectivity index (χ4n) is 1.12. The molecule has 0 spiro atoms. The van der Waals surface area contributed by atoms with Gasteiger partial charge in [0.2, 0.25) is 12.2 Å². The standard InChI is InChI=1S/C12H14O8/c1-5-17-11(15)9(19-7(3)13)10(20-8(4)14)12(16)18-6-2/h5-6,9-10H,1-2H2,3-4H3. The molecule has 8 nitrogen and oxygen atoms in total. The van der Waals surface area contributed by atoms with Gasteiger partial charge in [0.05, 0.1) is 12.5 Å². The van der Waals surface area contributed by atoms with E-state index in [1.807, 2.05) is 0 Å². The molecule has 0 aromatic rings. The zero-order valence-corrected chi connectivity index (χ0v) is 11.0. The minimum atomic E-state index is -1.82. The third kappa shape index (κ3) is 5.80. The van der Waals surface area contributed by atoms with Crippen LogP contribution in [0.1, 0.15) is 13.8 Å². The summed E-state index contributed by atoms with van der Waals surface area (Å²) in [4.78, 5) is 45.2. The molecule has 110 valence electrons. The van der Waals surface area contributed by atoms with Crippen molar-refractivity contribution in [1.29, 1.82) is 0 Å². The van der Waals surface area contributed by atoms with E-state index in [2.05, 4.69) is 32.1 Å². The van der Waals surface area contributed by atoms with Gasteiger partial charge >= 0.3 is 23.9 Å². The first-order chi connectivity index (χ1) is 9.33. The van der Waals surface area contributed by atoms with Crippen LogP contribution in [0.25, 0.3) is 0 Å². The highest BCUT2D eigenvalue weighted by atomic mass is 16.6. The molecule has 0 aromatic carbocycles. The molecule has 0 fully saturated rings. The van der Waals surface area contributed by atoms with Crippen LogP contribution >= 0.6 is 0 Å². The topological polar surface area (TPSA) is 105 Å². The van der Waals surface area contributed by atoms with Gasteiger partial charge in [-0.25, -0.2) is 9.59 Å². The molecule has 0 rings (SSSR count). The van der Waals surface area contributed by atoms with Crippen LogP contribution in [0.2, 0.25) is 0 Å². The fourth-order valence-corrected chi connectivity index (χ4v) is 1.12. The number of hydrogen-bond acceptors (Lipinski definition) is 8. The number of hydrogen-bond donors (Lipinski definition) is 0. The average Bonchev–Trinajstić information content (AvgIpc) is 2.33. The van der Waals surface area contributed by atoms with E-state index < -0.39 is 36.1 Å². The van der Waals surface area contributed by atoms with Crippen molar-refractivity contribution in [2.75, 3.05) is 0 Å². The average molecular weight is 286 g/mol. The van der Waals surface area contributed by atoms with E-state index in [-0.39, 0.29) is 0 Å². The molecule has 0 aromatic heterocycles. The van der Waals surface area contributed by atoms with Crippen LogP contribution in [0.4, 0.5) is 0 Å². The quantitative estimate of drug-likeness (QED) is 0.372. The second-order valence-corrected chi connectivity index (χ2v) is 3.27. The van der Waals surface area contributed by atoms with E-state index in [1.54, 1.807) is 0 Å². The Morgan fingerprint density at radius 2 is 1.10 bits per heavy atom. The van der Waals surface area contributed by atoms with Crippen molar-refractivity contribution in [2.24, 2.45) is 0 Å². The van der Waals surface area contributed by atoms with Gasteiger partial charge in [0.1, 0.15) is 0 Å². The Morgan fingerprint density at radius 1 is 0.800 bits per heavy atom. The number of rotatable bonds is 7. The van der Waals surface area contributed by atoms with Crippen molar-refractivity contribution in [2.45, 2.75) is 26.1 Å². The molecule has 0 saturated heterocycles. The lowest BCUT2D eigenvalue weighted by Gasteiger charge is -2.22. The van der Waals surface area contributed by atoms with Gasteiger partial charge < -0.3 is 18.9 Å². The fraction of sp³-hybridized carbons (Fsp3) is 0.333. The maximum absolute atomic E-state index is 11.6. The first-order valence-electron chi connectivity index (χ1n) is 5.30. The highest BCUT2D eigenvalue weighted by Gasteiger charge is 2.41. The monoisotopic (exact) mass is 286 g/mol. The number of ether oxygens (including phenoxy) is 4. The van der Waals surface area contributed by atoms with E-state index >= 15 is 0 Å².